The summed E-state index contributed by atoms with van der Waals surface area (Å²) in [6, 6.07) is 13.3. The molecule has 100 valence electrons. The van der Waals surface area contributed by atoms with Gasteiger partial charge in [0.1, 0.15) is 5.75 Å². The minimum absolute atomic E-state index is 0.0592. The lowest BCUT2D eigenvalue weighted by atomic mass is 10.0. The topological polar surface area (TPSA) is 57.6 Å². The predicted molar refractivity (Wildman–Crippen MR) is 74.4 cm³/mol. The molecule has 0 saturated heterocycles. The molecule has 0 bridgehead atoms. The van der Waals surface area contributed by atoms with E-state index in [4.69, 9.17) is 0 Å². The van der Waals surface area contributed by atoms with Crippen LogP contribution < -0.4 is 0 Å². The van der Waals surface area contributed by atoms with E-state index in [1.807, 2.05) is 0 Å². The standard InChI is InChI=1S/C14H15NO3S/c1-15(2)19(17,18)14-10-6-4-8-12(14)11-7-3-5-9-13(11)16/h3-10,16H,1-2H3. The van der Waals surface area contributed by atoms with Crippen LogP contribution in [0.3, 0.4) is 0 Å². The molecule has 0 fully saturated rings. The fourth-order valence-corrected chi connectivity index (χ4v) is 2.91. The third kappa shape index (κ3) is 2.47. The van der Waals surface area contributed by atoms with Gasteiger partial charge in [-0.1, -0.05) is 36.4 Å². The van der Waals surface area contributed by atoms with Gasteiger partial charge in [-0.15, -0.1) is 0 Å². The predicted octanol–water partition coefficient (Wildman–Crippen LogP) is 2.31. The number of phenols is 1. The maximum Gasteiger partial charge on any atom is 0.243 e. The van der Waals surface area contributed by atoms with Crippen LogP contribution >= 0.6 is 0 Å². The smallest absolute Gasteiger partial charge is 0.243 e. The highest BCUT2D eigenvalue weighted by atomic mass is 32.2. The van der Waals surface area contributed by atoms with Crippen molar-refractivity contribution in [1.29, 1.82) is 0 Å². The second-order valence-corrected chi connectivity index (χ2v) is 6.42. The van der Waals surface area contributed by atoms with E-state index in [0.29, 0.717) is 11.1 Å². The maximum absolute atomic E-state index is 12.3. The summed E-state index contributed by atoms with van der Waals surface area (Å²) in [5.74, 6) is 0.0592. The number of hydrogen-bond donors (Lipinski definition) is 1. The van der Waals surface area contributed by atoms with Gasteiger partial charge < -0.3 is 5.11 Å². The van der Waals surface area contributed by atoms with E-state index < -0.39 is 10.0 Å². The molecule has 4 nitrogen and oxygen atoms in total. The van der Waals surface area contributed by atoms with Crippen molar-refractivity contribution in [2.45, 2.75) is 4.90 Å². The molecule has 0 aliphatic rings. The Morgan fingerprint density at radius 3 is 2.00 bits per heavy atom. The van der Waals surface area contributed by atoms with Gasteiger partial charge in [0.25, 0.3) is 0 Å². The fourth-order valence-electron chi connectivity index (χ4n) is 1.81. The van der Waals surface area contributed by atoms with Crippen molar-refractivity contribution in [2.75, 3.05) is 14.1 Å². The van der Waals surface area contributed by atoms with Crippen LogP contribution in [-0.2, 0) is 10.0 Å². The zero-order chi connectivity index (χ0) is 14.0. The van der Waals surface area contributed by atoms with Crippen LogP contribution in [0.1, 0.15) is 0 Å². The van der Waals surface area contributed by atoms with Crippen molar-refractivity contribution in [1.82, 2.24) is 4.31 Å². The molecule has 0 radical (unpaired) electrons. The van der Waals surface area contributed by atoms with Crippen LogP contribution in [0.25, 0.3) is 11.1 Å². The molecule has 0 saturated carbocycles. The first-order chi connectivity index (χ1) is 8.94. The number of phenolic OH excluding ortho intramolecular Hbond substituents is 1. The van der Waals surface area contributed by atoms with Crippen LogP contribution in [0, 0.1) is 0 Å². The highest BCUT2D eigenvalue weighted by Gasteiger charge is 2.22. The Hall–Kier alpha value is -1.85. The van der Waals surface area contributed by atoms with E-state index in [1.54, 1.807) is 36.4 Å². The van der Waals surface area contributed by atoms with Gasteiger partial charge in [0.2, 0.25) is 10.0 Å². The highest BCUT2D eigenvalue weighted by molar-refractivity contribution is 7.89. The Bertz CT molecular complexity index is 693. The SMILES string of the molecule is CN(C)S(=O)(=O)c1ccccc1-c1ccccc1O. The quantitative estimate of drug-likeness (QED) is 0.936. The van der Waals surface area contributed by atoms with Crippen LogP contribution in [0.15, 0.2) is 53.4 Å². The molecule has 0 unspecified atom stereocenters. The fraction of sp³-hybridized carbons (Fsp3) is 0.143. The molecule has 0 heterocycles. The molecule has 0 aliphatic carbocycles. The first-order valence-corrected chi connectivity index (χ1v) is 7.18. The highest BCUT2D eigenvalue weighted by Crippen LogP contribution is 2.34. The van der Waals surface area contributed by atoms with Crippen molar-refractivity contribution in [3.8, 4) is 16.9 Å². The summed E-state index contributed by atoms with van der Waals surface area (Å²) in [6.07, 6.45) is 0. The van der Waals surface area contributed by atoms with Crippen molar-refractivity contribution in [3.05, 3.63) is 48.5 Å². The van der Waals surface area contributed by atoms with E-state index in [-0.39, 0.29) is 10.6 Å². The van der Waals surface area contributed by atoms with E-state index in [9.17, 15) is 13.5 Å². The third-order valence-electron chi connectivity index (χ3n) is 2.84. The summed E-state index contributed by atoms with van der Waals surface area (Å²) in [6.45, 7) is 0. The zero-order valence-corrected chi connectivity index (χ0v) is 11.6. The monoisotopic (exact) mass is 277 g/mol. The van der Waals surface area contributed by atoms with Crippen molar-refractivity contribution >= 4 is 10.0 Å². The molecule has 0 aromatic heterocycles. The van der Waals surface area contributed by atoms with Crippen LogP contribution in [0.4, 0.5) is 0 Å². The van der Waals surface area contributed by atoms with Crippen LogP contribution in [0.2, 0.25) is 0 Å². The lowest BCUT2D eigenvalue weighted by Crippen LogP contribution is -2.22. The summed E-state index contributed by atoms with van der Waals surface area (Å²) in [5, 5.41) is 9.88. The molecule has 2 rings (SSSR count). The van der Waals surface area contributed by atoms with Crippen molar-refractivity contribution < 1.29 is 13.5 Å². The third-order valence-corrected chi connectivity index (χ3v) is 4.71. The average Bonchev–Trinajstić information content (AvgIpc) is 2.39. The molecular weight excluding hydrogens is 262 g/mol. The molecule has 5 heteroatoms. The average molecular weight is 277 g/mol. The summed E-state index contributed by atoms with van der Waals surface area (Å²) in [5.41, 5.74) is 0.998. The van der Waals surface area contributed by atoms with Gasteiger partial charge in [-0.2, -0.15) is 0 Å². The molecule has 0 aliphatic heterocycles. The zero-order valence-electron chi connectivity index (χ0n) is 10.7. The van der Waals surface area contributed by atoms with E-state index >= 15 is 0 Å². The van der Waals surface area contributed by atoms with Gasteiger partial charge in [0.05, 0.1) is 4.90 Å². The van der Waals surface area contributed by atoms with Gasteiger partial charge in [-0.25, -0.2) is 12.7 Å². The number of aromatic hydroxyl groups is 1. The Kier molecular flexibility index (Phi) is 3.59. The largest absolute Gasteiger partial charge is 0.507 e. The Balaban J connectivity index is 2.71. The normalized spacial score (nSPS) is 11.7. The molecule has 0 atom stereocenters. The molecule has 0 amide bonds. The first kappa shape index (κ1) is 13.6. The molecular formula is C14H15NO3S. The van der Waals surface area contributed by atoms with E-state index in [2.05, 4.69) is 0 Å². The number of sulfonamides is 1. The Morgan fingerprint density at radius 2 is 1.42 bits per heavy atom. The minimum atomic E-state index is -3.55. The second kappa shape index (κ2) is 5.03. The number of hydrogen-bond acceptors (Lipinski definition) is 3. The molecule has 2 aromatic carbocycles. The lowest BCUT2D eigenvalue weighted by molar-refractivity contribution is 0.477. The number of benzene rings is 2. The minimum Gasteiger partial charge on any atom is -0.507 e. The van der Waals surface area contributed by atoms with Crippen LogP contribution in [0.5, 0.6) is 5.75 Å². The first-order valence-electron chi connectivity index (χ1n) is 5.74. The number of rotatable bonds is 3. The maximum atomic E-state index is 12.3. The van der Waals surface area contributed by atoms with Gasteiger partial charge in [0.15, 0.2) is 0 Å². The van der Waals surface area contributed by atoms with Crippen molar-refractivity contribution in [3.63, 3.8) is 0 Å². The molecule has 0 spiro atoms. The van der Waals surface area contributed by atoms with Crippen molar-refractivity contribution in [2.24, 2.45) is 0 Å². The second-order valence-electron chi connectivity index (χ2n) is 4.30. The van der Waals surface area contributed by atoms with Gasteiger partial charge >= 0.3 is 0 Å². The summed E-state index contributed by atoms with van der Waals surface area (Å²) >= 11 is 0. The van der Waals surface area contributed by atoms with Gasteiger partial charge in [-0.05, 0) is 12.1 Å². The Labute approximate surface area is 113 Å². The lowest BCUT2D eigenvalue weighted by Gasteiger charge is -2.15. The van der Waals surface area contributed by atoms with E-state index in [0.717, 1.165) is 4.31 Å². The molecule has 2 aromatic rings. The van der Waals surface area contributed by atoms with Gasteiger partial charge in [-0.3, -0.25) is 0 Å². The summed E-state index contributed by atoms with van der Waals surface area (Å²) in [4.78, 5) is 0.182. The number of para-hydroxylation sites is 1. The van der Waals surface area contributed by atoms with E-state index in [1.165, 1.54) is 26.2 Å². The Morgan fingerprint density at radius 1 is 0.895 bits per heavy atom. The molecule has 1 N–H and O–H groups in total. The number of nitrogens with zero attached hydrogens (tertiary/aromatic N) is 1. The summed E-state index contributed by atoms with van der Waals surface area (Å²) in [7, 11) is -0.584. The van der Waals surface area contributed by atoms with Gasteiger partial charge in [0, 0.05) is 25.2 Å². The summed E-state index contributed by atoms with van der Waals surface area (Å²) < 4.78 is 25.7. The molecule has 19 heavy (non-hydrogen) atoms. The van der Waals surface area contributed by atoms with Crippen LogP contribution in [-0.4, -0.2) is 31.9 Å².